The van der Waals surface area contributed by atoms with E-state index in [-0.39, 0.29) is 17.3 Å². The zero-order chi connectivity index (χ0) is 14.8. The number of aromatic hydroxyl groups is 2. The molecule has 0 bridgehead atoms. The average Bonchev–Trinajstić information content (AvgIpc) is 3.04. The lowest BCUT2D eigenvalue weighted by Gasteiger charge is -2.28. The van der Waals surface area contributed by atoms with Gasteiger partial charge in [0.2, 0.25) is 0 Å². The van der Waals surface area contributed by atoms with E-state index in [2.05, 4.69) is 0 Å². The van der Waals surface area contributed by atoms with E-state index in [1.54, 1.807) is 6.07 Å². The number of hydrogen-bond donors (Lipinski definition) is 2. The number of aryl methyl sites for hydroxylation is 1. The first-order valence-corrected chi connectivity index (χ1v) is 7.37. The van der Waals surface area contributed by atoms with Crippen molar-refractivity contribution >= 4 is 0 Å². The van der Waals surface area contributed by atoms with Crippen LogP contribution in [0.4, 0.5) is 4.39 Å². The highest BCUT2D eigenvalue weighted by atomic mass is 19.1. The molecule has 2 aromatic carbocycles. The van der Waals surface area contributed by atoms with Crippen molar-refractivity contribution in [1.29, 1.82) is 0 Å². The predicted molar refractivity (Wildman–Crippen MR) is 78.3 cm³/mol. The number of benzene rings is 2. The summed E-state index contributed by atoms with van der Waals surface area (Å²) in [7, 11) is 0. The zero-order valence-electron chi connectivity index (χ0n) is 11.9. The van der Waals surface area contributed by atoms with Gasteiger partial charge in [-0.15, -0.1) is 0 Å². The molecule has 2 aliphatic rings. The summed E-state index contributed by atoms with van der Waals surface area (Å²) in [6.07, 6.45) is 3.05. The molecule has 0 unspecified atom stereocenters. The van der Waals surface area contributed by atoms with Crippen LogP contribution in [-0.2, 0) is 18.3 Å². The fraction of sp³-hybridized carbons (Fsp3) is 0.333. The Balaban J connectivity index is 2.05. The maximum Gasteiger partial charge on any atom is 0.126 e. The van der Waals surface area contributed by atoms with Crippen molar-refractivity contribution in [2.75, 3.05) is 0 Å². The molecule has 0 saturated heterocycles. The third kappa shape index (κ3) is 1.46. The molecule has 0 aliphatic heterocycles. The van der Waals surface area contributed by atoms with E-state index in [4.69, 9.17) is 0 Å². The lowest BCUT2D eigenvalue weighted by molar-refractivity contribution is 0.415. The van der Waals surface area contributed by atoms with E-state index in [1.807, 2.05) is 13.0 Å². The number of phenolic OH excluding ortho intramolecular Hbond substituents is 2. The molecule has 3 heteroatoms. The largest absolute Gasteiger partial charge is 0.508 e. The van der Waals surface area contributed by atoms with Gasteiger partial charge < -0.3 is 10.2 Å². The number of fused-ring (bicyclic) bond motifs is 4. The minimum atomic E-state index is -0.424. The van der Waals surface area contributed by atoms with E-state index >= 15 is 0 Å². The highest BCUT2D eigenvalue weighted by Crippen LogP contribution is 2.57. The van der Waals surface area contributed by atoms with Gasteiger partial charge in [0.1, 0.15) is 17.3 Å². The molecule has 0 amide bonds. The second-order valence-corrected chi connectivity index (χ2v) is 6.26. The summed E-state index contributed by atoms with van der Waals surface area (Å²) in [6.45, 7) is 2.04. The second kappa shape index (κ2) is 4.00. The van der Waals surface area contributed by atoms with Crippen molar-refractivity contribution in [3.8, 4) is 11.5 Å². The van der Waals surface area contributed by atoms with Crippen LogP contribution in [0.2, 0.25) is 0 Å². The number of rotatable bonds is 0. The van der Waals surface area contributed by atoms with Gasteiger partial charge in [-0.1, -0.05) is 6.07 Å². The summed E-state index contributed by atoms with van der Waals surface area (Å²) >= 11 is 0. The molecule has 21 heavy (non-hydrogen) atoms. The van der Waals surface area contributed by atoms with Crippen LogP contribution < -0.4 is 0 Å². The summed E-state index contributed by atoms with van der Waals surface area (Å²) < 4.78 is 14.1. The first-order chi connectivity index (χ1) is 10.0. The third-order valence-electron chi connectivity index (χ3n) is 5.32. The standard InChI is InChI=1S/C18H17FO2/c1-10-2-4-14(20)16-11(10)6-8-18(16)9-7-12-13(19)3-5-15(21)17(12)18/h2-5,20-21H,6-9H2,1H3/t18-/m1/s1. The molecule has 4 rings (SSSR count). The fourth-order valence-corrected chi connectivity index (χ4v) is 4.41. The molecule has 0 radical (unpaired) electrons. The number of halogens is 1. The molecule has 1 atom stereocenters. The van der Waals surface area contributed by atoms with Crippen LogP contribution >= 0.6 is 0 Å². The molecule has 2 aliphatic carbocycles. The Morgan fingerprint density at radius 3 is 2.19 bits per heavy atom. The third-order valence-corrected chi connectivity index (χ3v) is 5.32. The van der Waals surface area contributed by atoms with Crippen LogP contribution in [0.5, 0.6) is 11.5 Å². The molecule has 2 nitrogen and oxygen atoms in total. The molecular weight excluding hydrogens is 267 g/mol. The highest BCUT2D eigenvalue weighted by Gasteiger charge is 2.49. The molecule has 1 spiro atoms. The van der Waals surface area contributed by atoms with Gasteiger partial charge in [-0.2, -0.15) is 0 Å². The Kier molecular flexibility index (Phi) is 2.42. The molecule has 0 heterocycles. The van der Waals surface area contributed by atoms with E-state index in [1.165, 1.54) is 12.1 Å². The Labute approximate surface area is 122 Å². The monoisotopic (exact) mass is 284 g/mol. The average molecular weight is 284 g/mol. The van der Waals surface area contributed by atoms with Gasteiger partial charge in [-0.25, -0.2) is 4.39 Å². The van der Waals surface area contributed by atoms with Crippen molar-refractivity contribution in [2.45, 2.75) is 38.0 Å². The first-order valence-electron chi connectivity index (χ1n) is 7.37. The number of phenols is 2. The molecule has 2 N–H and O–H groups in total. The van der Waals surface area contributed by atoms with Crippen LogP contribution in [0, 0.1) is 12.7 Å². The van der Waals surface area contributed by atoms with Crippen LogP contribution in [0.1, 0.15) is 40.7 Å². The van der Waals surface area contributed by atoms with E-state index in [0.29, 0.717) is 17.5 Å². The van der Waals surface area contributed by atoms with Gasteiger partial charge in [0.25, 0.3) is 0 Å². The number of hydrogen-bond acceptors (Lipinski definition) is 2. The van der Waals surface area contributed by atoms with Crippen molar-refractivity contribution in [1.82, 2.24) is 0 Å². The predicted octanol–water partition coefficient (Wildman–Crippen LogP) is 3.72. The Bertz CT molecular complexity index is 699. The van der Waals surface area contributed by atoms with Gasteiger partial charge in [0.05, 0.1) is 0 Å². The maximum absolute atomic E-state index is 14.1. The normalized spacial score (nSPS) is 22.6. The lowest BCUT2D eigenvalue weighted by Crippen LogP contribution is -2.21. The molecule has 108 valence electrons. The minimum Gasteiger partial charge on any atom is -0.508 e. The quantitative estimate of drug-likeness (QED) is 0.774. The van der Waals surface area contributed by atoms with Crippen LogP contribution in [0.25, 0.3) is 0 Å². The molecule has 0 saturated carbocycles. The van der Waals surface area contributed by atoms with Gasteiger partial charge >= 0.3 is 0 Å². The Morgan fingerprint density at radius 2 is 1.48 bits per heavy atom. The fourth-order valence-electron chi connectivity index (χ4n) is 4.41. The van der Waals surface area contributed by atoms with Gasteiger partial charge in [0, 0.05) is 16.5 Å². The molecule has 0 aromatic heterocycles. The highest BCUT2D eigenvalue weighted by molar-refractivity contribution is 5.63. The van der Waals surface area contributed by atoms with Crippen LogP contribution in [-0.4, -0.2) is 10.2 Å². The molecular formula is C18H17FO2. The SMILES string of the molecule is Cc1ccc(O)c2c1CC[C@@]21CCc2c(F)ccc(O)c21. The van der Waals surface area contributed by atoms with E-state index < -0.39 is 5.41 Å². The summed E-state index contributed by atoms with van der Waals surface area (Å²) in [6, 6.07) is 6.41. The first kappa shape index (κ1) is 12.7. The minimum absolute atomic E-state index is 0.151. The summed E-state index contributed by atoms with van der Waals surface area (Å²) in [5, 5.41) is 20.7. The van der Waals surface area contributed by atoms with E-state index in [9.17, 15) is 14.6 Å². The van der Waals surface area contributed by atoms with E-state index in [0.717, 1.165) is 36.0 Å². The van der Waals surface area contributed by atoms with Crippen molar-refractivity contribution < 1.29 is 14.6 Å². The maximum atomic E-state index is 14.1. The van der Waals surface area contributed by atoms with Crippen molar-refractivity contribution in [3.05, 3.63) is 57.9 Å². The molecule has 2 aromatic rings. The topological polar surface area (TPSA) is 40.5 Å². The van der Waals surface area contributed by atoms with Gasteiger partial charge in [0.15, 0.2) is 0 Å². The Morgan fingerprint density at radius 1 is 0.905 bits per heavy atom. The van der Waals surface area contributed by atoms with Crippen molar-refractivity contribution in [2.24, 2.45) is 0 Å². The van der Waals surface area contributed by atoms with Gasteiger partial charge in [-0.3, -0.25) is 0 Å². The van der Waals surface area contributed by atoms with Crippen LogP contribution in [0.3, 0.4) is 0 Å². The van der Waals surface area contributed by atoms with Crippen LogP contribution in [0.15, 0.2) is 24.3 Å². The smallest absolute Gasteiger partial charge is 0.126 e. The molecule has 0 fully saturated rings. The summed E-state index contributed by atoms with van der Waals surface area (Å²) in [5.41, 5.74) is 4.11. The summed E-state index contributed by atoms with van der Waals surface area (Å²) in [5.74, 6) is 0.169. The van der Waals surface area contributed by atoms with Crippen molar-refractivity contribution in [3.63, 3.8) is 0 Å². The Hall–Kier alpha value is -2.03. The zero-order valence-corrected chi connectivity index (χ0v) is 11.9. The van der Waals surface area contributed by atoms with Gasteiger partial charge in [-0.05, 0) is 67.5 Å². The lowest BCUT2D eigenvalue weighted by atomic mass is 9.75. The summed E-state index contributed by atoms with van der Waals surface area (Å²) in [4.78, 5) is 0. The second-order valence-electron chi connectivity index (χ2n) is 6.26.